The zero-order chi connectivity index (χ0) is 29.9. The van der Waals surface area contributed by atoms with Gasteiger partial charge in [0.25, 0.3) is 0 Å². The number of fused-ring (bicyclic) bond motifs is 2. The molecule has 0 bridgehead atoms. The minimum absolute atomic E-state index is 0.750. The molecule has 2 N–H and O–H groups in total. The van der Waals surface area contributed by atoms with Crippen LogP contribution in [0.15, 0.2) is 91.0 Å². The molecule has 1 heterocycles. The van der Waals surface area contributed by atoms with Crippen molar-refractivity contribution in [1.82, 2.24) is 4.58 Å². The molecule has 42 heavy (non-hydrogen) atoms. The van der Waals surface area contributed by atoms with E-state index in [2.05, 4.69) is 128 Å². The van der Waals surface area contributed by atoms with E-state index in [1.807, 2.05) is 6.92 Å². The number of nitrogens with two attached hydrogens (primary N) is 1. The standard InChI is InChI=1S/C37H43N2.C2H7N/c1-5-9-26-39-35-13-11-10-12-29(35)18-19-32-27-33(22-25-36(32)39)37(30-16-14-28(6-2)15-17-30)31-20-23-34(24-21-31)38(7-3)8-4;1-2-3/h10-17,20-25,27H,5-9,18-19,26H2,1-4H3;2-3H2,1H3/q+1;. The molecule has 4 aromatic rings. The van der Waals surface area contributed by atoms with Crippen LogP contribution in [0.25, 0.3) is 5.57 Å². The quantitative estimate of drug-likeness (QED) is 0.223. The van der Waals surface area contributed by atoms with Gasteiger partial charge >= 0.3 is 0 Å². The first-order valence-corrected chi connectivity index (χ1v) is 16.1. The highest BCUT2D eigenvalue weighted by molar-refractivity contribution is 5.80. The van der Waals surface area contributed by atoms with Crippen LogP contribution in [0.3, 0.4) is 0 Å². The highest BCUT2D eigenvalue weighted by atomic mass is 15.1. The Balaban J connectivity index is 0.00000129. The lowest BCUT2D eigenvalue weighted by molar-refractivity contribution is 0.659. The van der Waals surface area contributed by atoms with Crippen molar-refractivity contribution in [2.24, 2.45) is 5.73 Å². The van der Waals surface area contributed by atoms with E-state index < -0.39 is 0 Å². The van der Waals surface area contributed by atoms with Gasteiger partial charge in [-0.3, -0.25) is 0 Å². The zero-order valence-electron chi connectivity index (χ0n) is 26.5. The summed E-state index contributed by atoms with van der Waals surface area (Å²) in [6, 6.07) is 34.6. The predicted octanol–water partition coefficient (Wildman–Crippen LogP) is 7.03. The summed E-state index contributed by atoms with van der Waals surface area (Å²) in [5.74, 6) is 0. The van der Waals surface area contributed by atoms with Crippen LogP contribution in [0, 0.1) is 0 Å². The normalized spacial score (nSPS) is 12.9. The van der Waals surface area contributed by atoms with Gasteiger partial charge in [-0.15, -0.1) is 0 Å². The molecule has 220 valence electrons. The van der Waals surface area contributed by atoms with Gasteiger partial charge in [-0.05, 0) is 91.4 Å². The lowest BCUT2D eigenvalue weighted by atomic mass is 9.93. The number of rotatable bonds is 9. The third kappa shape index (κ3) is 7.20. The first kappa shape index (κ1) is 31.3. The number of hydrogen-bond donors (Lipinski definition) is 1. The molecule has 4 aromatic carbocycles. The summed E-state index contributed by atoms with van der Waals surface area (Å²) in [6.07, 6.45) is 5.58. The number of unbranched alkanes of at least 4 members (excludes halogenated alkanes) is 1. The molecule has 0 radical (unpaired) electrons. The Bertz CT molecular complexity index is 1550. The molecule has 0 amide bonds. The highest BCUT2D eigenvalue weighted by Crippen LogP contribution is 2.25. The monoisotopic (exact) mass is 560 g/mol. The number of hydrogen-bond acceptors (Lipinski definition) is 2. The summed E-state index contributed by atoms with van der Waals surface area (Å²) in [5, 5.41) is 2.67. The summed E-state index contributed by atoms with van der Waals surface area (Å²) >= 11 is 0. The van der Waals surface area contributed by atoms with E-state index in [0.717, 1.165) is 45.4 Å². The van der Waals surface area contributed by atoms with Crippen molar-refractivity contribution < 1.29 is 0 Å². The van der Waals surface area contributed by atoms with E-state index in [1.54, 1.807) is 0 Å². The highest BCUT2D eigenvalue weighted by Gasteiger charge is 2.21. The van der Waals surface area contributed by atoms with Crippen molar-refractivity contribution in [2.75, 3.05) is 31.1 Å². The fourth-order valence-corrected chi connectivity index (χ4v) is 5.98. The number of para-hydroxylation sites is 1. The van der Waals surface area contributed by atoms with Gasteiger partial charge in [-0.1, -0.05) is 81.8 Å². The van der Waals surface area contributed by atoms with Gasteiger partial charge < -0.3 is 10.6 Å². The van der Waals surface area contributed by atoms with Gasteiger partial charge in [0, 0.05) is 48.5 Å². The van der Waals surface area contributed by atoms with E-state index in [9.17, 15) is 0 Å². The Morgan fingerprint density at radius 2 is 1.36 bits per heavy atom. The summed E-state index contributed by atoms with van der Waals surface area (Å²) in [6.45, 7) is 14.7. The lowest BCUT2D eigenvalue weighted by Gasteiger charge is -2.21. The largest absolute Gasteiger partial charge is 0.372 e. The molecule has 0 saturated carbocycles. The minimum atomic E-state index is 0.750. The van der Waals surface area contributed by atoms with Gasteiger partial charge in [0.15, 0.2) is 0 Å². The molecule has 0 spiro atoms. The number of anilines is 1. The average molecular weight is 561 g/mol. The predicted molar refractivity (Wildman–Crippen MR) is 182 cm³/mol. The van der Waals surface area contributed by atoms with E-state index in [0.29, 0.717) is 0 Å². The topological polar surface area (TPSA) is 32.3 Å². The summed E-state index contributed by atoms with van der Waals surface area (Å²) < 4.78 is 2.57. The van der Waals surface area contributed by atoms with Gasteiger partial charge in [0.2, 0.25) is 11.0 Å². The van der Waals surface area contributed by atoms with Crippen LogP contribution in [0.5, 0.6) is 0 Å². The zero-order valence-corrected chi connectivity index (χ0v) is 26.5. The number of aryl methyl sites for hydroxylation is 3. The number of nitrogens with zero attached hydrogens (tertiary/aromatic N) is 2. The Labute approximate surface area is 254 Å². The van der Waals surface area contributed by atoms with Crippen molar-refractivity contribution in [3.8, 4) is 0 Å². The fraction of sp³-hybridized carbons (Fsp3) is 0.359. The molecule has 0 saturated heterocycles. The molecular weight excluding hydrogens is 510 g/mol. The molecule has 0 unspecified atom stereocenters. The molecule has 1 aliphatic heterocycles. The van der Waals surface area contributed by atoms with Crippen molar-refractivity contribution in [2.45, 2.75) is 66.7 Å². The molecule has 0 aliphatic carbocycles. The second-order valence-electron chi connectivity index (χ2n) is 11.0. The Kier molecular flexibility index (Phi) is 11.5. The molecule has 3 nitrogen and oxygen atoms in total. The van der Waals surface area contributed by atoms with Gasteiger partial charge in [0.1, 0.15) is 6.54 Å². The Morgan fingerprint density at radius 3 is 1.98 bits per heavy atom. The first-order chi connectivity index (χ1) is 20.6. The van der Waals surface area contributed by atoms with Crippen molar-refractivity contribution in [3.63, 3.8) is 0 Å². The maximum atomic E-state index is 4.85. The van der Waals surface area contributed by atoms with Crippen LogP contribution < -0.4 is 25.8 Å². The smallest absolute Gasteiger partial charge is 0.208 e. The maximum Gasteiger partial charge on any atom is 0.208 e. The SMILES string of the molecule is CCCC[N+]1=c2ccc(=C(c3ccc(CC)cc3)c3ccc(N(CC)CC)cc3)cc2CCc2ccccc21.CCN. The molecule has 5 rings (SSSR count). The maximum absolute atomic E-state index is 4.85. The van der Waals surface area contributed by atoms with Crippen LogP contribution in [-0.4, -0.2) is 26.2 Å². The van der Waals surface area contributed by atoms with Crippen LogP contribution in [0.1, 0.15) is 75.3 Å². The molecular formula is C39H50N3+. The second kappa shape index (κ2) is 15.5. The van der Waals surface area contributed by atoms with Gasteiger partial charge in [-0.2, -0.15) is 4.58 Å². The third-order valence-corrected chi connectivity index (χ3v) is 8.28. The molecule has 1 aliphatic rings. The summed E-state index contributed by atoms with van der Waals surface area (Å²) in [7, 11) is 0. The Hall–Kier alpha value is -3.69. The van der Waals surface area contributed by atoms with Gasteiger partial charge in [0.05, 0.1) is 0 Å². The summed E-state index contributed by atoms with van der Waals surface area (Å²) in [5.41, 5.74) is 15.7. The molecule has 0 atom stereocenters. The van der Waals surface area contributed by atoms with Crippen LogP contribution in [0.4, 0.5) is 11.4 Å². The third-order valence-electron chi connectivity index (χ3n) is 8.28. The van der Waals surface area contributed by atoms with Crippen molar-refractivity contribution in [3.05, 3.63) is 129 Å². The van der Waals surface area contributed by atoms with E-state index in [-0.39, 0.29) is 0 Å². The van der Waals surface area contributed by atoms with E-state index in [4.69, 9.17) is 5.73 Å². The Morgan fingerprint density at radius 1 is 0.738 bits per heavy atom. The number of benzene rings is 4. The van der Waals surface area contributed by atoms with E-state index >= 15 is 0 Å². The fourth-order valence-electron chi connectivity index (χ4n) is 5.98. The second-order valence-corrected chi connectivity index (χ2v) is 11.0. The van der Waals surface area contributed by atoms with E-state index in [1.165, 1.54) is 68.2 Å². The molecule has 0 fully saturated rings. The summed E-state index contributed by atoms with van der Waals surface area (Å²) in [4.78, 5) is 2.41. The van der Waals surface area contributed by atoms with Crippen LogP contribution in [-0.2, 0) is 19.3 Å². The van der Waals surface area contributed by atoms with Crippen molar-refractivity contribution >= 4 is 16.9 Å². The van der Waals surface area contributed by atoms with Crippen molar-refractivity contribution in [1.29, 1.82) is 0 Å². The van der Waals surface area contributed by atoms with Gasteiger partial charge in [-0.25, -0.2) is 0 Å². The van der Waals surface area contributed by atoms with Crippen LogP contribution >= 0.6 is 0 Å². The average Bonchev–Trinajstić information content (AvgIpc) is 3.18. The molecule has 0 aromatic heterocycles. The lowest BCUT2D eigenvalue weighted by Crippen LogP contribution is -2.30. The first-order valence-electron chi connectivity index (χ1n) is 16.1. The molecule has 3 heteroatoms. The minimum Gasteiger partial charge on any atom is -0.372 e. The van der Waals surface area contributed by atoms with Crippen LogP contribution in [0.2, 0.25) is 0 Å².